The van der Waals surface area contributed by atoms with Gasteiger partial charge in [0.25, 0.3) is 0 Å². The molecule has 102 valence electrons. The molecule has 0 aliphatic carbocycles. The third-order valence-corrected chi connectivity index (χ3v) is 3.42. The first-order valence-corrected chi connectivity index (χ1v) is 6.94. The minimum Gasteiger partial charge on any atom is -0.280 e. The van der Waals surface area contributed by atoms with Crippen molar-refractivity contribution in [1.82, 2.24) is 14.5 Å². The molecule has 0 fully saturated rings. The molecule has 2 aromatic heterocycles. The molecule has 0 saturated heterocycles. The highest BCUT2D eigenvalue weighted by molar-refractivity contribution is 6.30. The number of pyridine rings is 1. The van der Waals surface area contributed by atoms with E-state index < -0.39 is 0 Å². The molecule has 3 aromatic rings. The minimum atomic E-state index is -0.0691. The summed E-state index contributed by atoms with van der Waals surface area (Å²) in [7, 11) is 0. The molecule has 4 heteroatoms. The average Bonchev–Trinajstić information content (AvgIpc) is 2.79. The molecule has 0 spiro atoms. The molecule has 3 rings (SSSR count). The van der Waals surface area contributed by atoms with Crippen LogP contribution in [0, 0.1) is 0 Å². The van der Waals surface area contributed by atoms with Crippen molar-refractivity contribution >= 4 is 22.8 Å². The Morgan fingerprint density at radius 3 is 2.40 bits per heavy atom. The molecule has 0 radical (unpaired) electrons. The fourth-order valence-corrected chi connectivity index (χ4v) is 2.38. The quantitative estimate of drug-likeness (QED) is 0.664. The van der Waals surface area contributed by atoms with Crippen molar-refractivity contribution < 1.29 is 0 Å². The zero-order valence-electron chi connectivity index (χ0n) is 11.8. The predicted molar refractivity (Wildman–Crippen MR) is 82.6 cm³/mol. The Kier molecular flexibility index (Phi) is 3.02. The van der Waals surface area contributed by atoms with Gasteiger partial charge in [-0.15, -0.1) is 0 Å². The summed E-state index contributed by atoms with van der Waals surface area (Å²) < 4.78 is 2.10. The lowest BCUT2D eigenvalue weighted by Gasteiger charge is -2.19. The summed E-state index contributed by atoms with van der Waals surface area (Å²) in [4.78, 5) is 9.23. The molecular formula is C16H16ClN3. The van der Waals surface area contributed by atoms with Crippen molar-refractivity contribution in [2.75, 3.05) is 0 Å². The lowest BCUT2D eigenvalue weighted by molar-refractivity contribution is 0.538. The van der Waals surface area contributed by atoms with Crippen molar-refractivity contribution in [3.8, 4) is 5.69 Å². The van der Waals surface area contributed by atoms with Gasteiger partial charge in [-0.1, -0.05) is 32.4 Å². The van der Waals surface area contributed by atoms with Crippen molar-refractivity contribution in [1.29, 1.82) is 0 Å². The number of halogens is 1. The molecular weight excluding hydrogens is 270 g/mol. The van der Waals surface area contributed by atoms with E-state index in [1.54, 1.807) is 6.20 Å². The maximum Gasteiger partial charge on any atom is 0.164 e. The van der Waals surface area contributed by atoms with Gasteiger partial charge in [-0.3, -0.25) is 4.57 Å². The van der Waals surface area contributed by atoms with Crippen LogP contribution in [0.25, 0.3) is 16.9 Å². The van der Waals surface area contributed by atoms with Crippen LogP contribution in [0.4, 0.5) is 0 Å². The largest absolute Gasteiger partial charge is 0.280 e. The molecule has 3 nitrogen and oxygen atoms in total. The monoisotopic (exact) mass is 285 g/mol. The van der Waals surface area contributed by atoms with Gasteiger partial charge in [-0.25, -0.2) is 9.97 Å². The molecule has 0 bridgehead atoms. The maximum absolute atomic E-state index is 5.98. The zero-order valence-corrected chi connectivity index (χ0v) is 12.5. The van der Waals surface area contributed by atoms with Crippen molar-refractivity contribution in [2.45, 2.75) is 26.2 Å². The zero-order chi connectivity index (χ0) is 14.3. The fourth-order valence-electron chi connectivity index (χ4n) is 2.25. The second-order valence-electron chi connectivity index (χ2n) is 5.84. The van der Waals surface area contributed by atoms with Crippen LogP contribution >= 0.6 is 11.6 Å². The van der Waals surface area contributed by atoms with Gasteiger partial charge in [0.05, 0.1) is 0 Å². The number of aromatic nitrogens is 3. The van der Waals surface area contributed by atoms with E-state index in [0.29, 0.717) is 0 Å². The molecule has 0 saturated carbocycles. The van der Waals surface area contributed by atoms with E-state index in [-0.39, 0.29) is 5.41 Å². The molecule has 0 N–H and O–H groups in total. The Balaban J connectivity index is 2.34. The Morgan fingerprint density at radius 1 is 1.05 bits per heavy atom. The van der Waals surface area contributed by atoms with Gasteiger partial charge in [0, 0.05) is 22.3 Å². The summed E-state index contributed by atoms with van der Waals surface area (Å²) in [6, 6.07) is 11.7. The molecule has 0 atom stereocenters. The van der Waals surface area contributed by atoms with Crippen molar-refractivity contribution in [2.24, 2.45) is 0 Å². The van der Waals surface area contributed by atoms with Gasteiger partial charge in [-0.05, 0) is 36.4 Å². The first-order chi connectivity index (χ1) is 9.47. The van der Waals surface area contributed by atoms with Crippen LogP contribution in [0.2, 0.25) is 5.02 Å². The van der Waals surface area contributed by atoms with Gasteiger partial charge >= 0.3 is 0 Å². The van der Waals surface area contributed by atoms with E-state index >= 15 is 0 Å². The summed E-state index contributed by atoms with van der Waals surface area (Å²) in [5.74, 6) is 0.994. The number of fused-ring (bicyclic) bond motifs is 1. The highest BCUT2D eigenvalue weighted by atomic mass is 35.5. The smallest absolute Gasteiger partial charge is 0.164 e. The van der Waals surface area contributed by atoms with Gasteiger partial charge in [0.15, 0.2) is 5.65 Å². The highest BCUT2D eigenvalue weighted by Crippen LogP contribution is 2.28. The van der Waals surface area contributed by atoms with E-state index in [9.17, 15) is 0 Å². The molecule has 2 heterocycles. The minimum absolute atomic E-state index is 0.0691. The Bertz CT molecular complexity index is 751. The first-order valence-electron chi connectivity index (χ1n) is 6.57. The van der Waals surface area contributed by atoms with Crippen LogP contribution in [0.5, 0.6) is 0 Å². The third-order valence-electron chi connectivity index (χ3n) is 3.17. The van der Waals surface area contributed by atoms with Gasteiger partial charge in [0.1, 0.15) is 11.3 Å². The van der Waals surface area contributed by atoms with E-state index in [0.717, 1.165) is 27.7 Å². The predicted octanol–water partition coefficient (Wildman–Crippen LogP) is 4.37. The Hall–Kier alpha value is -1.87. The summed E-state index contributed by atoms with van der Waals surface area (Å²) in [5, 5.41) is 0.725. The van der Waals surface area contributed by atoms with Crippen LogP contribution in [0.3, 0.4) is 0 Å². The summed E-state index contributed by atoms with van der Waals surface area (Å²) in [6.45, 7) is 6.46. The summed E-state index contributed by atoms with van der Waals surface area (Å²) in [6.07, 6.45) is 1.79. The second kappa shape index (κ2) is 4.60. The van der Waals surface area contributed by atoms with Gasteiger partial charge in [-0.2, -0.15) is 0 Å². The molecule has 0 aliphatic heterocycles. The molecule has 0 unspecified atom stereocenters. The van der Waals surface area contributed by atoms with Crippen LogP contribution in [-0.2, 0) is 5.41 Å². The Morgan fingerprint density at radius 2 is 1.75 bits per heavy atom. The van der Waals surface area contributed by atoms with Crippen LogP contribution in [0.15, 0.2) is 42.6 Å². The number of rotatable bonds is 1. The van der Waals surface area contributed by atoms with E-state index in [2.05, 4.69) is 30.3 Å². The number of hydrogen-bond acceptors (Lipinski definition) is 2. The van der Waals surface area contributed by atoms with E-state index in [4.69, 9.17) is 16.6 Å². The van der Waals surface area contributed by atoms with Crippen LogP contribution in [-0.4, -0.2) is 14.5 Å². The van der Waals surface area contributed by atoms with E-state index in [1.807, 2.05) is 36.4 Å². The molecule has 20 heavy (non-hydrogen) atoms. The summed E-state index contributed by atoms with van der Waals surface area (Å²) >= 11 is 5.98. The number of nitrogens with zero attached hydrogens (tertiary/aromatic N) is 3. The Labute approximate surface area is 123 Å². The van der Waals surface area contributed by atoms with E-state index in [1.165, 1.54) is 0 Å². The lowest BCUT2D eigenvalue weighted by atomic mass is 9.95. The SMILES string of the molecule is CC(C)(C)c1nc2cccnc2n1-c1ccc(Cl)cc1. The number of hydrogen-bond donors (Lipinski definition) is 0. The average molecular weight is 286 g/mol. The highest BCUT2D eigenvalue weighted by Gasteiger charge is 2.24. The molecule has 0 aliphatic rings. The number of benzene rings is 1. The van der Waals surface area contributed by atoms with Gasteiger partial charge in [0.2, 0.25) is 0 Å². The second-order valence-corrected chi connectivity index (χ2v) is 6.28. The maximum atomic E-state index is 5.98. The van der Waals surface area contributed by atoms with Gasteiger partial charge < -0.3 is 0 Å². The third kappa shape index (κ3) is 2.18. The van der Waals surface area contributed by atoms with Crippen LogP contribution in [0.1, 0.15) is 26.6 Å². The van der Waals surface area contributed by atoms with Crippen LogP contribution < -0.4 is 0 Å². The summed E-state index contributed by atoms with van der Waals surface area (Å²) in [5.41, 5.74) is 2.74. The van der Waals surface area contributed by atoms with Crippen molar-refractivity contribution in [3.63, 3.8) is 0 Å². The first kappa shape index (κ1) is 13.1. The molecule has 1 aromatic carbocycles. The fraction of sp³-hybridized carbons (Fsp3) is 0.250. The van der Waals surface area contributed by atoms with Crippen molar-refractivity contribution in [3.05, 3.63) is 53.4 Å². The standard InChI is InChI=1S/C16H16ClN3/c1-16(2,3)15-19-13-5-4-10-18-14(13)20(15)12-8-6-11(17)7-9-12/h4-10H,1-3H3. The molecule has 0 amide bonds. The lowest BCUT2D eigenvalue weighted by Crippen LogP contribution is -2.18. The topological polar surface area (TPSA) is 30.7 Å². The normalized spacial score (nSPS) is 12.0. The number of imidazole rings is 1.